The lowest BCUT2D eigenvalue weighted by atomic mass is 10.1. The molecule has 0 aliphatic carbocycles. The summed E-state index contributed by atoms with van der Waals surface area (Å²) in [5, 5.41) is 2.86. The summed E-state index contributed by atoms with van der Waals surface area (Å²) >= 11 is 0. The van der Waals surface area contributed by atoms with E-state index in [1.807, 2.05) is 0 Å². The molecule has 0 saturated carbocycles. The van der Waals surface area contributed by atoms with Gasteiger partial charge in [0.15, 0.2) is 0 Å². The molecule has 0 aromatic carbocycles. The number of rotatable bonds is 9. The van der Waals surface area contributed by atoms with Gasteiger partial charge in [-0.3, -0.25) is 4.79 Å². The number of hydrogen-bond donors (Lipinski definition) is 2. The smallest absolute Gasteiger partial charge is 0.220 e. The van der Waals surface area contributed by atoms with E-state index in [9.17, 15) is 4.79 Å². The Balaban J connectivity index is 3.53. The fourth-order valence-electron chi connectivity index (χ4n) is 1.54. The topological polar surface area (TPSA) is 55.1 Å². The van der Waals surface area contributed by atoms with E-state index in [0.29, 0.717) is 6.42 Å². The van der Waals surface area contributed by atoms with Crippen molar-refractivity contribution in [2.45, 2.75) is 57.9 Å². The highest BCUT2D eigenvalue weighted by Crippen LogP contribution is 2.03. The van der Waals surface area contributed by atoms with Gasteiger partial charge in [0, 0.05) is 6.42 Å². The summed E-state index contributed by atoms with van der Waals surface area (Å²) in [5.41, 5.74) is 5.39. The maximum Gasteiger partial charge on any atom is 0.220 e. The molecule has 16 heavy (non-hydrogen) atoms. The molecule has 0 spiro atoms. The lowest BCUT2D eigenvalue weighted by Crippen LogP contribution is -2.33. The number of amides is 1. The van der Waals surface area contributed by atoms with Gasteiger partial charge in [-0.05, 0) is 25.8 Å². The molecule has 0 bridgehead atoms. The molecule has 0 aliphatic heterocycles. The Morgan fingerprint density at radius 3 is 2.62 bits per heavy atom. The first-order chi connectivity index (χ1) is 7.74. The highest BCUT2D eigenvalue weighted by atomic mass is 16.1. The predicted molar refractivity (Wildman–Crippen MR) is 67.8 cm³/mol. The van der Waals surface area contributed by atoms with Crippen molar-refractivity contribution in [3.05, 3.63) is 0 Å². The van der Waals surface area contributed by atoms with E-state index in [2.05, 4.69) is 18.2 Å². The molecule has 1 atom stereocenters. The van der Waals surface area contributed by atoms with E-state index in [4.69, 9.17) is 12.2 Å². The Morgan fingerprint density at radius 2 is 2.06 bits per heavy atom. The molecule has 3 N–H and O–H groups in total. The maximum atomic E-state index is 11.5. The quantitative estimate of drug-likeness (QED) is 0.463. The summed E-state index contributed by atoms with van der Waals surface area (Å²) in [6, 6.07) is -0.0958. The third-order valence-electron chi connectivity index (χ3n) is 2.47. The van der Waals surface area contributed by atoms with Crippen LogP contribution in [0.4, 0.5) is 0 Å². The van der Waals surface area contributed by atoms with Crippen molar-refractivity contribution in [1.29, 1.82) is 0 Å². The molecule has 1 amide bonds. The van der Waals surface area contributed by atoms with E-state index in [0.717, 1.165) is 45.1 Å². The van der Waals surface area contributed by atoms with Crippen molar-refractivity contribution < 1.29 is 4.79 Å². The lowest BCUT2D eigenvalue weighted by molar-refractivity contribution is -0.121. The van der Waals surface area contributed by atoms with Crippen molar-refractivity contribution in [2.75, 3.05) is 6.54 Å². The van der Waals surface area contributed by atoms with Gasteiger partial charge in [0.1, 0.15) is 0 Å². The van der Waals surface area contributed by atoms with Gasteiger partial charge in [0.2, 0.25) is 5.91 Å². The van der Waals surface area contributed by atoms with Crippen LogP contribution in [0.3, 0.4) is 0 Å². The minimum absolute atomic E-state index is 0.0733. The fourth-order valence-corrected chi connectivity index (χ4v) is 1.54. The fraction of sp³-hybridized carbons (Fsp3) is 0.769. The zero-order valence-electron chi connectivity index (χ0n) is 10.3. The first-order valence-corrected chi connectivity index (χ1v) is 6.20. The number of unbranched alkanes of at least 4 members (excludes halogenated alkanes) is 3. The number of hydrogen-bond acceptors (Lipinski definition) is 2. The second-order valence-electron chi connectivity index (χ2n) is 4.03. The zero-order chi connectivity index (χ0) is 12.2. The molecule has 92 valence electrons. The van der Waals surface area contributed by atoms with Crippen LogP contribution in [0, 0.1) is 12.3 Å². The molecule has 0 aliphatic rings. The van der Waals surface area contributed by atoms with Gasteiger partial charge in [-0.1, -0.05) is 32.1 Å². The first kappa shape index (κ1) is 15.0. The molecule has 0 aromatic rings. The number of terminal acetylenes is 1. The number of carbonyl (C=O) groups excluding carboxylic acids is 1. The number of nitrogens with one attached hydrogen (secondary N) is 1. The van der Waals surface area contributed by atoms with Crippen LogP contribution in [0.15, 0.2) is 0 Å². The van der Waals surface area contributed by atoms with Gasteiger partial charge in [-0.2, -0.15) is 0 Å². The number of carbonyl (C=O) groups is 1. The van der Waals surface area contributed by atoms with Crippen molar-refractivity contribution in [1.82, 2.24) is 5.32 Å². The van der Waals surface area contributed by atoms with Crippen LogP contribution in [-0.2, 0) is 4.79 Å². The van der Waals surface area contributed by atoms with Crippen molar-refractivity contribution >= 4 is 5.91 Å². The maximum absolute atomic E-state index is 11.5. The van der Waals surface area contributed by atoms with Crippen molar-refractivity contribution in [2.24, 2.45) is 5.73 Å². The van der Waals surface area contributed by atoms with Gasteiger partial charge in [0.25, 0.3) is 0 Å². The molecular formula is C13H24N2O. The van der Waals surface area contributed by atoms with Gasteiger partial charge in [-0.25, -0.2) is 0 Å². The van der Waals surface area contributed by atoms with E-state index >= 15 is 0 Å². The third-order valence-corrected chi connectivity index (χ3v) is 2.47. The predicted octanol–water partition coefficient (Wildman–Crippen LogP) is 1.81. The van der Waals surface area contributed by atoms with E-state index in [1.165, 1.54) is 0 Å². The molecule has 0 fully saturated rings. The molecule has 3 nitrogen and oxygen atoms in total. The largest absolute Gasteiger partial charge is 0.342 e. The van der Waals surface area contributed by atoms with Crippen LogP contribution >= 0.6 is 0 Å². The Bertz CT molecular complexity index is 220. The van der Waals surface area contributed by atoms with Crippen LogP contribution < -0.4 is 11.1 Å². The van der Waals surface area contributed by atoms with Crippen LogP contribution in [0.2, 0.25) is 0 Å². The van der Waals surface area contributed by atoms with Crippen LogP contribution in [0.5, 0.6) is 0 Å². The van der Waals surface area contributed by atoms with Gasteiger partial charge >= 0.3 is 0 Å². The van der Waals surface area contributed by atoms with E-state index < -0.39 is 0 Å². The van der Waals surface area contributed by atoms with E-state index in [-0.39, 0.29) is 11.9 Å². The molecule has 3 heteroatoms. The summed E-state index contributed by atoms with van der Waals surface area (Å²) in [4.78, 5) is 11.5. The normalized spacial score (nSPS) is 11.8. The third kappa shape index (κ3) is 8.31. The second kappa shape index (κ2) is 10.5. The first-order valence-electron chi connectivity index (χ1n) is 6.20. The van der Waals surface area contributed by atoms with E-state index in [1.54, 1.807) is 0 Å². The summed E-state index contributed by atoms with van der Waals surface area (Å²) in [6.07, 6.45) is 11.9. The average molecular weight is 224 g/mol. The summed E-state index contributed by atoms with van der Waals surface area (Å²) in [6.45, 7) is 2.80. The molecule has 0 saturated heterocycles. The Hall–Kier alpha value is -1.01. The lowest BCUT2D eigenvalue weighted by Gasteiger charge is -2.11. The van der Waals surface area contributed by atoms with Crippen molar-refractivity contribution in [3.63, 3.8) is 0 Å². The molecular weight excluding hydrogens is 200 g/mol. The Labute approximate surface area is 99.2 Å². The monoisotopic (exact) mass is 224 g/mol. The molecule has 1 unspecified atom stereocenters. The highest BCUT2D eigenvalue weighted by Gasteiger charge is 2.07. The molecule has 0 heterocycles. The van der Waals surface area contributed by atoms with Crippen molar-refractivity contribution in [3.8, 4) is 12.3 Å². The summed E-state index contributed by atoms with van der Waals surface area (Å²) in [5.74, 6) is 2.67. The van der Waals surface area contributed by atoms with Crippen LogP contribution in [-0.4, -0.2) is 18.5 Å². The highest BCUT2D eigenvalue weighted by molar-refractivity contribution is 5.76. The summed E-state index contributed by atoms with van der Waals surface area (Å²) in [7, 11) is 0. The average Bonchev–Trinajstić information content (AvgIpc) is 2.28. The molecule has 0 rings (SSSR count). The molecule has 0 aromatic heterocycles. The zero-order valence-corrected chi connectivity index (χ0v) is 10.3. The van der Waals surface area contributed by atoms with Crippen LogP contribution in [0.25, 0.3) is 0 Å². The molecule has 0 radical (unpaired) electrons. The Kier molecular flexibility index (Phi) is 9.84. The summed E-state index contributed by atoms with van der Waals surface area (Å²) < 4.78 is 0. The number of nitrogens with two attached hydrogens (primary N) is 1. The van der Waals surface area contributed by atoms with Crippen LogP contribution in [0.1, 0.15) is 51.9 Å². The van der Waals surface area contributed by atoms with Gasteiger partial charge in [-0.15, -0.1) is 6.42 Å². The minimum Gasteiger partial charge on any atom is -0.342 e. The van der Waals surface area contributed by atoms with Gasteiger partial charge in [0.05, 0.1) is 6.04 Å². The SMILES string of the molecule is C#CC(CCC)NC(=O)CCCCCCN. The van der Waals surface area contributed by atoms with Gasteiger partial charge < -0.3 is 11.1 Å². The second-order valence-corrected chi connectivity index (χ2v) is 4.03. The Morgan fingerprint density at radius 1 is 1.38 bits per heavy atom. The standard InChI is InChI=1S/C13H24N2O/c1-3-9-12(4-2)15-13(16)10-7-5-6-8-11-14/h2,12H,3,5-11,14H2,1H3,(H,15,16). The minimum atomic E-state index is -0.0958.